The predicted octanol–water partition coefficient (Wildman–Crippen LogP) is 3.47. The van der Waals surface area contributed by atoms with E-state index in [1.165, 1.54) is 39.9 Å². The minimum atomic E-state index is -3.62. The number of methoxy groups -OCH3 is 1. The van der Waals surface area contributed by atoms with Gasteiger partial charge >= 0.3 is 0 Å². The Kier molecular flexibility index (Phi) is 5.53. The molecule has 0 amide bonds. The van der Waals surface area contributed by atoms with Gasteiger partial charge in [0.05, 0.1) is 17.7 Å². The molecule has 3 aromatic rings. The van der Waals surface area contributed by atoms with Gasteiger partial charge in [0, 0.05) is 37.1 Å². The van der Waals surface area contributed by atoms with Crippen LogP contribution in [0.4, 0.5) is 9.52 Å². The SMILES string of the molecule is COc1cccc(-c2csc(N3CCN(S(=O)(=O)c4ccc(F)cc4)CC3)n2)c1. The van der Waals surface area contributed by atoms with Crippen LogP contribution in [0.5, 0.6) is 5.75 Å². The number of nitrogens with zero attached hydrogens (tertiary/aromatic N) is 3. The van der Waals surface area contributed by atoms with E-state index >= 15 is 0 Å². The van der Waals surface area contributed by atoms with Crippen molar-refractivity contribution in [3.05, 3.63) is 59.7 Å². The number of hydrogen-bond donors (Lipinski definition) is 0. The van der Waals surface area contributed by atoms with Gasteiger partial charge < -0.3 is 9.64 Å². The molecule has 0 aliphatic carbocycles. The first-order chi connectivity index (χ1) is 14.0. The molecule has 1 fully saturated rings. The number of aromatic nitrogens is 1. The van der Waals surface area contributed by atoms with Gasteiger partial charge in [-0.15, -0.1) is 11.3 Å². The first kappa shape index (κ1) is 19.8. The summed E-state index contributed by atoms with van der Waals surface area (Å²) in [5.41, 5.74) is 1.84. The minimum Gasteiger partial charge on any atom is -0.497 e. The fourth-order valence-electron chi connectivity index (χ4n) is 3.20. The third-order valence-electron chi connectivity index (χ3n) is 4.82. The highest BCUT2D eigenvalue weighted by atomic mass is 32.2. The van der Waals surface area contributed by atoms with Crippen molar-refractivity contribution < 1.29 is 17.5 Å². The molecule has 152 valence electrons. The zero-order valence-corrected chi connectivity index (χ0v) is 17.4. The van der Waals surface area contributed by atoms with Crippen molar-refractivity contribution in [2.45, 2.75) is 4.90 Å². The summed E-state index contributed by atoms with van der Waals surface area (Å²) in [7, 11) is -1.99. The van der Waals surface area contributed by atoms with Crippen LogP contribution in [-0.4, -0.2) is 51.0 Å². The van der Waals surface area contributed by atoms with Gasteiger partial charge in [0.1, 0.15) is 11.6 Å². The molecule has 0 radical (unpaired) electrons. The molecule has 0 atom stereocenters. The maximum Gasteiger partial charge on any atom is 0.243 e. The molecule has 0 unspecified atom stereocenters. The van der Waals surface area contributed by atoms with Crippen LogP contribution in [-0.2, 0) is 10.0 Å². The van der Waals surface area contributed by atoms with Crippen LogP contribution in [0.1, 0.15) is 0 Å². The molecule has 0 spiro atoms. The van der Waals surface area contributed by atoms with Crippen molar-refractivity contribution in [3.63, 3.8) is 0 Å². The van der Waals surface area contributed by atoms with E-state index in [2.05, 4.69) is 4.90 Å². The van der Waals surface area contributed by atoms with E-state index in [4.69, 9.17) is 9.72 Å². The number of thiazole rings is 1. The lowest BCUT2D eigenvalue weighted by Gasteiger charge is -2.33. The maximum absolute atomic E-state index is 13.1. The number of piperazine rings is 1. The van der Waals surface area contributed by atoms with Crippen LogP contribution in [0.15, 0.2) is 58.8 Å². The molecule has 2 aromatic carbocycles. The number of anilines is 1. The number of ether oxygens (including phenoxy) is 1. The van der Waals surface area contributed by atoms with Gasteiger partial charge in [0.15, 0.2) is 5.13 Å². The molecule has 0 bridgehead atoms. The summed E-state index contributed by atoms with van der Waals surface area (Å²) >= 11 is 1.54. The molecule has 2 heterocycles. The fraction of sp³-hybridized carbons (Fsp3) is 0.250. The van der Waals surface area contributed by atoms with Crippen LogP contribution in [0, 0.1) is 5.82 Å². The number of rotatable bonds is 5. The molecular formula is C20H20FN3O3S2. The summed E-state index contributed by atoms with van der Waals surface area (Å²) in [6, 6.07) is 12.7. The van der Waals surface area contributed by atoms with E-state index in [0.29, 0.717) is 26.2 Å². The maximum atomic E-state index is 13.1. The Bertz CT molecular complexity index is 1090. The topological polar surface area (TPSA) is 62.7 Å². The van der Waals surface area contributed by atoms with Gasteiger partial charge in [-0.3, -0.25) is 0 Å². The molecule has 29 heavy (non-hydrogen) atoms. The summed E-state index contributed by atoms with van der Waals surface area (Å²) in [6.45, 7) is 1.80. The van der Waals surface area contributed by atoms with Gasteiger partial charge in [-0.2, -0.15) is 4.31 Å². The lowest BCUT2D eigenvalue weighted by atomic mass is 10.2. The van der Waals surface area contributed by atoms with E-state index in [1.807, 2.05) is 29.6 Å². The van der Waals surface area contributed by atoms with E-state index in [-0.39, 0.29) is 4.90 Å². The van der Waals surface area contributed by atoms with Crippen LogP contribution >= 0.6 is 11.3 Å². The van der Waals surface area contributed by atoms with Crippen LogP contribution in [0.2, 0.25) is 0 Å². The van der Waals surface area contributed by atoms with Gasteiger partial charge in [-0.05, 0) is 36.4 Å². The summed E-state index contributed by atoms with van der Waals surface area (Å²) < 4.78 is 45.3. The molecule has 0 N–H and O–H groups in total. The molecule has 1 saturated heterocycles. The minimum absolute atomic E-state index is 0.113. The van der Waals surface area contributed by atoms with Gasteiger partial charge in [-0.25, -0.2) is 17.8 Å². The first-order valence-electron chi connectivity index (χ1n) is 9.08. The number of sulfonamides is 1. The highest BCUT2D eigenvalue weighted by Gasteiger charge is 2.29. The second-order valence-corrected chi connectivity index (χ2v) is 9.37. The zero-order chi connectivity index (χ0) is 20.4. The average molecular weight is 434 g/mol. The Labute approximate surface area is 173 Å². The smallest absolute Gasteiger partial charge is 0.243 e. The Hall–Kier alpha value is -2.49. The van der Waals surface area contributed by atoms with Crippen molar-refractivity contribution in [1.82, 2.24) is 9.29 Å². The van der Waals surface area contributed by atoms with Crippen LogP contribution in [0.25, 0.3) is 11.3 Å². The third-order valence-corrected chi connectivity index (χ3v) is 7.63. The largest absolute Gasteiger partial charge is 0.497 e. The van der Waals surface area contributed by atoms with Gasteiger partial charge in [-0.1, -0.05) is 12.1 Å². The molecule has 9 heteroatoms. The van der Waals surface area contributed by atoms with Crippen molar-refractivity contribution in [3.8, 4) is 17.0 Å². The first-order valence-corrected chi connectivity index (χ1v) is 11.4. The summed E-state index contributed by atoms with van der Waals surface area (Å²) in [5, 5.41) is 2.85. The fourth-order valence-corrected chi connectivity index (χ4v) is 5.51. The van der Waals surface area contributed by atoms with Crippen molar-refractivity contribution in [2.24, 2.45) is 0 Å². The Morgan fingerprint density at radius 1 is 1.07 bits per heavy atom. The van der Waals surface area contributed by atoms with Crippen LogP contribution < -0.4 is 9.64 Å². The summed E-state index contributed by atoms with van der Waals surface area (Å²) in [6.07, 6.45) is 0. The zero-order valence-electron chi connectivity index (χ0n) is 15.8. The second kappa shape index (κ2) is 8.10. The Morgan fingerprint density at radius 2 is 1.79 bits per heavy atom. The van der Waals surface area contributed by atoms with Gasteiger partial charge in [0.25, 0.3) is 0 Å². The summed E-state index contributed by atoms with van der Waals surface area (Å²) in [5.74, 6) is 0.320. The Balaban J connectivity index is 1.45. The monoisotopic (exact) mass is 433 g/mol. The van der Waals surface area contributed by atoms with Crippen molar-refractivity contribution in [2.75, 3.05) is 38.2 Å². The molecule has 4 rings (SSSR count). The summed E-state index contributed by atoms with van der Waals surface area (Å²) in [4.78, 5) is 6.92. The Morgan fingerprint density at radius 3 is 2.48 bits per heavy atom. The molecular weight excluding hydrogens is 413 g/mol. The quantitative estimate of drug-likeness (QED) is 0.617. The van der Waals surface area contributed by atoms with E-state index in [9.17, 15) is 12.8 Å². The van der Waals surface area contributed by atoms with Crippen molar-refractivity contribution >= 4 is 26.5 Å². The molecule has 1 aliphatic rings. The standard InChI is InChI=1S/C20H20FN3O3S2/c1-27-17-4-2-3-15(13-17)19-14-28-20(22-19)23-9-11-24(12-10-23)29(25,26)18-7-5-16(21)6-8-18/h2-8,13-14H,9-12H2,1H3. The number of hydrogen-bond acceptors (Lipinski definition) is 6. The third kappa shape index (κ3) is 4.12. The molecule has 0 saturated carbocycles. The van der Waals surface area contributed by atoms with E-state index in [1.54, 1.807) is 7.11 Å². The predicted molar refractivity (Wildman–Crippen MR) is 111 cm³/mol. The highest BCUT2D eigenvalue weighted by molar-refractivity contribution is 7.89. The molecule has 1 aromatic heterocycles. The van der Waals surface area contributed by atoms with E-state index in [0.717, 1.165) is 22.1 Å². The number of halogens is 1. The molecule has 6 nitrogen and oxygen atoms in total. The van der Waals surface area contributed by atoms with Crippen LogP contribution in [0.3, 0.4) is 0 Å². The average Bonchev–Trinajstić information content (AvgIpc) is 3.24. The van der Waals surface area contributed by atoms with Crippen molar-refractivity contribution in [1.29, 1.82) is 0 Å². The normalized spacial score (nSPS) is 15.4. The molecule has 1 aliphatic heterocycles. The van der Waals surface area contributed by atoms with Gasteiger partial charge in [0.2, 0.25) is 10.0 Å². The lowest BCUT2D eigenvalue weighted by molar-refractivity contribution is 0.384. The lowest BCUT2D eigenvalue weighted by Crippen LogP contribution is -2.48. The van der Waals surface area contributed by atoms with E-state index < -0.39 is 15.8 Å². The number of benzene rings is 2. The highest BCUT2D eigenvalue weighted by Crippen LogP contribution is 2.30. The second-order valence-electron chi connectivity index (χ2n) is 6.59.